The van der Waals surface area contributed by atoms with Crippen LogP contribution in [0, 0.1) is 11.3 Å². The summed E-state index contributed by atoms with van der Waals surface area (Å²) < 4.78 is 0. The van der Waals surface area contributed by atoms with Gasteiger partial charge in [0, 0.05) is 12.1 Å². The lowest BCUT2D eigenvalue weighted by atomic mass is 9.76. The minimum Gasteiger partial charge on any atom is -0.328 e. The van der Waals surface area contributed by atoms with E-state index in [1.807, 2.05) is 0 Å². The fourth-order valence-corrected chi connectivity index (χ4v) is 3.39. The van der Waals surface area contributed by atoms with Crippen molar-refractivity contribution < 1.29 is 0 Å². The molecule has 1 saturated carbocycles. The largest absolute Gasteiger partial charge is 0.328 e. The Morgan fingerprint density at radius 3 is 2.44 bits per heavy atom. The molecule has 1 rings (SSSR count). The van der Waals surface area contributed by atoms with E-state index in [0.717, 1.165) is 12.5 Å². The molecule has 2 nitrogen and oxygen atoms in total. The lowest BCUT2D eigenvalue weighted by Crippen LogP contribution is -2.39. The van der Waals surface area contributed by atoms with Crippen LogP contribution in [0.25, 0.3) is 0 Å². The predicted molar refractivity (Wildman–Crippen MR) is 71.5 cm³/mol. The van der Waals surface area contributed by atoms with Gasteiger partial charge in [0.15, 0.2) is 0 Å². The van der Waals surface area contributed by atoms with Crippen molar-refractivity contribution in [2.45, 2.75) is 65.5 Å². The second-order valence-corrected chi connectivity index (χ2v) is 6.19. The minimum atomic E-state index is 0.383. The molecule has 96 valence electrons. The molecule has 4 atom stereocenters. The summed E-state index contributed by atoms with van der Waals surface area (Å²) in [4.78, 5) is 2.48. The van der Waals surface area contributed by atoms with Crippen LogP contribution in [0.15, 0.2) is 0 Å². The number of hydrogen-bond donors (Lipinski definition) is 1. The molecule has 0 aromatic carbocycles. The van der Waals surface area contributed by atoms with Gasteiger partial charge in [-0.2, -0.15) is 0 Å². The first kappa shape index (κ1) is 14.0. The third-order valence-corrected chi connectivity index (χ3v) is 4.69. The van der Waals surface area contributed by atoms with Crippen LogP contribution in [-0.2, 0) is 0 Å². The van der Waals surface area contributed by atoms with E-state index in [0.29, 0.717) is 17.5 Å². The van der Waals surface area contributed by atoms with Crippen molar-refractivity contribution in [1.82, 2.24) is 4.90 Å². The van der Waals surface area contributed by atoms with E-state index in [2.05, 4.69) is 39.6 Å². The highest BCUT2D eigenvalue weighted by Crippen LogP contribution is 2.40. The zero-order chi connectivity index (χ0) is 12.3. The monoisotopic (exact) mass is 226 g/mol. The number of rotatable bonds is 3. The quantitative estimate of drug-likeness (QED) is 0.750. The molecule has 0 aromatic rings. The van der Waals surface area contributed by atoms with Crippen LogP contribution in [0.2, 0.25) is 0 Å². The molecule has 2 heteroatoms. The van der Waals surface area contributed by atoms with Crippen LogP contribution in [0.4, 0.5) is 0 Å². The van der Waals surface area contributed by atoms with Crippen LogP contribution in [0.1, 0.15) is 53.4 Å². The van der Waals surface area contributed by atoms with E-state index in [9.17, 15) is 0 Å². The van der Waals surface area contributed by atoms with Gasteiger partial charge in [-0.05, 0) is 44.2 Å². The highest BCUT2D eigenvalue weighted by atomic mass is 15.1. The van der Waals surface area contributed by atoms with Crippen molar-refractivity contribution in [1.29, 1.82) is 0 Å². The topological polar surface area (TPSA) is 29.3 Å². The molecule has 0 radical (unpaired) electrons. The van der Waals surface area contributed by atoms with E-state index in [-0.39, 0.29) is 0 Å². The molecular formula is C14H30N2. The molecule has 1 aliphatic rings. The van der Waals surface area contributed by atoms with Gasteiger partial charge in [-0.25, -0.2) is 0 Å². The Morgan fingerprint density at radius 2 is 1.94 bits per heavy atom. The molecule has 0 bridgehead atoms. The van der Waals surface area contributed by atoms with Crippen molar-refractivity contribution in [3.63, 3.8) is 0 Å². The van der Waals surface area contributed by atoms with E-state index in [1.54, 1.807) is 0 Å². The molecule has 0 heterocycles. The summed E-state index contributed by atoms with van der Waals surface area (Å²) in [6.45, 7) is 10.5. The molecule has 4 unspecified atom stereocenters. The Labute approximate surface area is 102 Å². The first-order valence-electron chi connectivity index (χ1n) is 6.87. The molecule has 0 spiro atoms. The zero-order valence-corrected chi connectivity index (χ0v) is 11.8. The second-order valence-electron chi connectivity index (χ2n) is 6.19. The normalized spacial score (nSPS) is 41.1. The zero-order valence-electron chi connectivity index (χ0n) is 11.8. The van der Waals surface area contributed by atoms with Crippen LogP contribution < -0.4 is 5.73 Å². The number of nitrogens with zero attached hydrogens (tertiary/aromatic N) is 1. The van der Waals surface area contributed by atoms with Gasteiger partial charge in [0.1, 0.15) is 0 Å². The highest BCUT2D eigenvalue weighted by Gasteiger charge is 2.36. The molecule has 0 aromatic heterocycles. The van der Waals surface area contributed by atoms with Crippen LogP contribution in [-0.4, -0.2) is 30.6 Å². The molecule has 1 aliphatic carbocycles. The smallest absolute Gasteiger partial charge is 0.0133 e. The van der Waals surface area contributed by atoms with Crippen molar-refractivity contribution in [2.24, 2.45) is 17.1 Å². The Bertz CT molecular complexity index is 217. The van der Waals surface area contributed by atoms with E-state index in [4.69, 9.17) is 5.73 Å². The fourth-order valence-electron chi connectivity index (χ4n) is 3.39. The standard InChI is InChI=1S/C14H30N2/c1-6-14(4)9-11(3)13(16(5)7-2)8-12(15)10-14/h11-13H,6-10,15H2,1-5H3. The van der Waals surface area contributed by atoms with Gasteiger partial charge >= 0.3 is 0 Å². The Hall–Kier alpha value is -0.0800. The van der Waals surface area contributed by atoms with Gasteiger partial charge in [0.25, 0.3) is 0 Å². The van der Waals surface area contributed by atoms with Crippen molar-refractivity contribution in [3.8, 4) is 0 Å². The molecular weight excluding hydrogens is 196 g/mol. The van der Waals surface area contributed by atoms with Gasteiger partial charge in [-0.1, -0.05) is 34.1 Å². The Kier molecular flexibility index (Phi) is 4.81. The summed E-state index contributed by atoms with van der Waals surface area (Å²) in [5, 5.41) is 0. The van der Waals surface area contributed by atoms with Gasteiger partial charge in [0.2, 0.25) is 0 Å². The maximum atomic E-state index is 6.30. The molecule has 0 saturated heterocycles. The van der Waals surface area contributed by atoms with E-state index < -0.39 is 0 Å². The average molecular weight is 226 g/mol. The maximum absolute atomic E-state index is 6.30. The van der Waals surface area contributed by atoms with Crippen LogP contribution in [0.5, 0.6) is 0 Å². The predicted octanol–water partition coefficient (Wildman–Crippen LogP) is 2.87. The molecule has 1 fully saturated rings. The summed E-state index contributed by atoms with van der Waals surface area (Å²) in [5.41, 5.74) is 6.76. The first-order valence-corrected chi connectivity index (χ1v) is 6.87. The third-order valence-electron chi connectivity index (χ3n) is 4.69. The summed E-state index contributed by atoms with van der Waals surface area (Å²) in [5.74, 6) is 0.767. The van der Waals surface area contributed by atoms with Gasteiger partial charge < -0.3 is 10.6 Å². The van der Waals surface area contributed by atoms with Crippen molar-refractivity contribution >= 4 is 0 Å². The van der Waals surface area contributed by atoms with E-state index >= 15 is 0 Å². The highest BCUT2D eigenvalue weighted by molar-refractivity contribution is 4.91. The first-order chi connectivity index (χ1) is 7.41. The van der Waals surface area contributed by atoms with Gasteiger partial charge in [-0.15, -0.1) is 0 Å². The van der Waals surface area contributed by atoms with Crippen LogP contribution >= 0.6 is 0 Å². The third kappa shape index (κ3) is 3.21. The summed E-state index contributed by atoms with van der Waals surface area (Å²) >= 11 is 0. The van der Waals surface area contributed by atoms with Gasteiger partial charge in [-0.3, -0.25) is 0 Å². The van der Waals surface area contributed by atoms with Crippen LogP contribution in [0.3, 0.4) is 0 Å². The minimum absolute atomic E-state index is 0.383. The lowest BCUT2D eigenvalue weighted by Gasteiger charge is -2.34. The number of hydrogen-bond acceptors (Lipinski definition) is 2. The summed E-state index contributed by atoms with van der Waals surface area (Å²) in [6, 6.07) is 1.06. The summed E-state index contributed by atoms with van der Waals surface area (Å²) in [7, 11) is 2.24. The average Bonchev–Trinajstić information content (AvgIpc) is 2.34. The molecule has 0 aliphatic heterocycles. The Balaban J connectivity index is 2.78. The molecule has 0 amide bonds. The maximum Gasteiger partial charge on any atom is 0.0133 e. The van der Waals surface area contributed by atoms with E-state index in [1.165, 1.54) is 25.7 Å². The Morgan fingerprint density at radius 1 is 1.31 bits per heavy atom. The SMILES string of the molecule is CCN(C)C1CC(N)CC(C)(CC)CC1C. The number of nitrogens with two attached hydrogens (primary N) is 1. The fraction of sp³-hybridized carbons (Fsp3) is 1.00. The van der Waals surface area contributed by atoms with Crippen molar-refractivity contribution in [2.75, 3.05) is 13.6 Å². The van der Waals surface area contributed by atoms with Crippen molar-refractivity contribution in [3.05, 3.63) is 0 Å². The molecule has 16 heavy (non-hydrogen) atoms. The molecule has 2 N–H and O–H groups in total. The second kappa shape index (κ2) is 5.50. The summed E-state index contributed by atoms with van der Waals surface area (Å²) in [6.07, 6.45) is 4.95. The lowest BCUT2D eigenvalue weighted by molar-refractivity contribution is 0.156. The van der Waals surface area contributed by atoms with Gasteiger partial charge in [0.05, 0.1) is 0 Å².